The van der Waals surface area contributed by atoms with Crippen molar-refractivity contribution in [2.24, 2.45) is 0 Å². The molecule has 0 aromatic heterocycles. The highest BCUT2D eigenvalue weighted by molar-refractivity contribution is 5.23. The smallest absolute Gasteiger partial charge is 0.126 e. The van der Waals surface area contributed by atoms with E-state index in [-0.39, 0.29) is 5.82 Å². The van der Waals surface area contributed by atoms with Crippen LogP contribution < -0.4 is 5.32 Å². The van der Waals surface area contributed by atoms with Gasteiger partial charge < -0.3 is 0 Å². The summed E-state index contributed by atoms with van der Waals surface area (Å²) in [5.41, 5.74) is -0.223. The van der Waals surface area contributed by atoms with E-state index in [4.69, 9.17) is 5.26 Å². The molecule has 0 aliphatic rings. The van der Waals surface area contributed by atoms with Crippen molar-refractivity contribution in [3.63, 3.8) is 0 Å². The third kappa shape index (κ3) is 3.18. The molecule has 16 heavy (non-hydrogen) atoms. The lowest BCUT2D eigenvalue weighted by Crippen LogP contribution is -2.43. The molecule has 1 aromatic carbocycles. The number of halogens is 1. The minimum absolute atomic E-state index is 0.274. The largest absolute Gasteiger partial charge is 0.296 e. The van der Waals surface area contributed by atoms with Gasteiger partial charge in [0.05, 0.1) is 6.07 Å². The molecule has 0 spiro atoms. The zero-order valence-corrected chi connectivity index (χ0v) is 9.33. The van der Waals surface area contributed by atoms with Crippen molar-refractivity contribution in [2.75, 3.05) is 6.54 Å². The van der Waals surface area contributed by atoms with Crippen LogP contribution in [0.4, 0.5) is 4.39 Å². The summed E-state index contributed by atoms with van der Waals surface area (Å²) >= 11 is 0. The fourth-order valence-corrected chi connectivity index (χ4v) is 1.46. The SMILES string of the molecule is C=CCNC(C)(C#N)Cc1ccccc1F. The molecule has 1 rings (SSSR count). The van der Waals surface area contributed by atoms with E-state index in [0.717, 1.165) is 0 Å². The Morgan fingerprint density at radius 2 is 2.25 bits per heavy atom. The molecular formula is C13H15FN2. The number of nitriles is 1. The molecule has 0 aliphatic heterocycles. The fourth-order valence-electron chi connectivity index (χ4n) is 1.46. The molecule has 1 unspecified atom stereocenters. The zero-order chi connectivity index (χ0) is 12.0. The summed E-state index contributed by atoms with van der Waals surface area (Å²) in [5, 5.41) is 12.1. The lowest BCUT2D eigenvalue weighted by molar-refractivity contribution is 0.458. The van der Waals surface area contributed by atoms with Crippen molar-refractivity contribution in [2.45, 2.75) is 18.9 Å². The monoisotopic (exact) mass is 218 g/mol. The van der Waals surface area contributed by atoms with Gasteiger partial charge in [0.15, 0.2) is 0 Å². The topological polar surface area (TPSA) is 35.8 Å². The first-order valence-corrected chi connectivity index (χ1v) is 5.12. The summed E-state index contributed by atoms with van der Waals surface area (Å²) in [6.45, 7) is 5.86. The second-order valence-corrected chi connectivity index (χ2v) is 3.88. The van der Waals surface area contributed by atoms with E-state index in [9.17, 15) is 4.39 Å². The maximum absolute atomic E-state index is 13.4. The first-order valence-electron chi connectivity index (χ1n) is 5.12. The number of hydrogen-bond acceptors (Lipinski definition) is 2. The maximum atomic E-state index is 13.4. The van der Waals surface area contributed by atoms with Crippen LogP contribution in [-0.4, -0.2) is 12.1 Å². The molecule has 1 N–H and O–H groups in total. The summed E-state index contributed by atoms with van der Waals surface area (Å²) in [4.78, 5) is 0. The molecule has 0 amide bonds. The number of hydrogen-bond donors (Lipinski definition) is 1. The first kappa shape index (κ1) is 12.4. The van der Waals surface area contributed by atoms with Crippen LogP contribution in [-0.2, 0) is 6.42 Å². The van der Waals surface area contributed by atoms with Gasteiger partial charge in [-0.25, -0.2) is 4.39 Å². The van der Waals surface area contributed by atoms with Gasteiger partial charge in [0.2, 0.25) is 0 Å². The van der Waals surface area contributed by atoms with Gasteiger partial charge in [0.1, 0.15) is 11.4 Å². The summed E-state index contributed by atoms with van der Waals surface area (Å²) in [7, 11) is 0. The van der Waals surface area contributed by atoms with Crippen LogP contribution in [0.1, 0.15) is 12.5 Å². The number of nitrogens with zero attached hydrogens (tertiary/aromatic N) is 1. The molecule has 0 radical (unpaired) electrons. The predicted octanol–water partition coefficient (Wildman–Crippen LogP) is 2.43. The number of rotatable bonds is 5. The third-order valence-corrected chi connectivity index (χ3v) is 2.39. The van der Waals surface area contributed by atoms with Crippen LogP contribution in [0.15, 0.2) is 36.9 Å². The van der Waals surface area contributed by atoms with E-state index in [0.29, 0.717) is 18.5 Å². The summed E-state index contributed by atoms with van der Waals surface area (Å²) in [6.07, 6.45) is 2.01. The van der Waals surface area contributed by atoms with Crippen molar-refractivity contribution in [1.82, 2.24) is 5.32 Å². The summed E-state index contributed by atoms with van der Waals surface area (Å²) < 4.78 is 13.4. The van der Waals surface area contributed by atoms with E-state index in [2.05, 4.69) is 18.0 Å². The van der Waals surface area contributed by atoms with Crippen LogP contribution in [0.25, 0.3) is 0 Å². The average Bonchev–Trinajstić information content (AvgIpc) is 2.30. The van der Waals surface area contributed by atoms with Crippen molar-refractivity contribution >= 4 is 0 Å². The Kier molecular flexibility index (Phi) is 4.21. The van der Waals surface area contributed by atoms with Gasteiger partial charge in [0.25, 0.3) is 0 Å². The standard InChI is InChI=1S/C13H15FN2/c1-3-8-16-13(2,10-15)9-11-6-4-5-7-12(11)14/h3-7,16H,1,8-9H2,2H3. The molecular weight excluding hydrogens is 203 g/mol. The molecule has 84 valence electrons. The molecule has 0 fully saturated rings. The van der Waals surface area contributed by atoms with E-state index >= 15 is 0 Å². The van der Waals surface area contributed by atoms with Gasteiger partial charge in [0, 0.05) is 13.0 Å². The van der Waals surface area contributed by atoms with Gasteiger partial charge in [-0.15, -0.1) is 6.58 Å². The highest BCUT2D eigenvalue weighted by Gasteiger charge is 2.24. The number of nitrogens with one attached hydrogen (secondary N) is 1. The van der Waals surface area contributed by atoms with Crippen LogP contribution in [0, 0.1) is 17.1 Å². The predicted molar refractivity (Wildman–Crippen MR) is 62.3 cm³/mol. The minimum atomic E-state index is -0.767. The van der Waals surface area contributed by atoms with Crippen molar-refractivity contribution < 1.29 is 4.39 Å². The number of benzene rings is 1. The van der Waals surface area contributed by atoms with E-state index in [1.807, 2.05) is 0 Å². The molecule has 3 heteroatoms. The Labute approximate surface area is 95.4 Å². The molecule has 0 aliphatic carbocycles. The highest BCUT2D eigenvalue weighted by Crippen LogP contribution is 2.15. The van der Waals surface area contributed by atoms with Crippen molar-refractivity contribution in [3.8, 4) is 6.07 Å². The van der Waals surface area contributed by atoms with Crippen LogP contribution in [0.2, 0.25) is 0 Å². The van der Waals surface area contributed by atoms with E-state index < -0.39 is 5.54 Å². The van der Waals surface area contributed by atoms with Gasteiger partial charge >= 0.3 is 0 Å². The average molecular weight is 218 g/mol. The Morgan fingerprint density at radius 3 is 2.81 bits per heavy atom. The minimum Gasteiger partial charge on any atom is -0.296 e. The maximum Gasteiger partial charge on any atom is 0.126 e. The van der Waals surface area contributed by atoms with Crippen LogP contribution in [0.3, 0.4) is 0 Å². The Morgan fingerprint density at radius 1 is 1.56 bits per heavy atom. The summed E-state index contributed by atoms with van der Waals surface area (Å²) in [5.74, 6) is -0.274. The Hall–Kier alpha value is -1.66. The molecule has 1 atom stereocenters. The Bertz CT molecular complexity index is 409. The van der Waals surface area contributed by atoms with Crippen molar-refractivity contribution in [3.05, 3.63) is 48.3 Å². The molecule has 0 heterocycles. The van der Waals surface area contributed by atoms with E-state index in [1.54, 1.807) is 31.2 Å². The second kappa shape index (κ2) is 5.43. The molecule has 1 aromatic rings. The second-order valence-electron chi connectivity index (χ2n) is 3.88. The Balaban J connectivity index is 2.81. The van der Waals surface area contributed by atoms with Crippen LogP contribution in [0.5, 0.6) is 0 Å². The van der Waals surface area contributed by atoms with Gasteiger partial charge in [-0.3, -0.25) is 5.32 Å². The summed E-state index contributed by atoms with van der Waals surface area (Å²) in [6, 6.07) is 8.67. The quantitative estimate of drug-likeness (QED) is 0.770. The lowest BCUT2D eigenvalue weighted by atomic mass is 9.94. The van der Waals surface area contributed by atoms with Crippen molar-refractivity contribution in [1.29, 1.82) is 5.26 Å². The molecule has 0 saturated carbocycles. The third-order valence-electron chi connectivity index (χ3n) is 2.39. The molecule has 0 saturated heterocycles. The van der Waals surface area contributed by atoms with Gasteiger partial charge in [-0.1, -0.05) is 24.3 Å². The fraction of sp³-hybridized carbons (Fsp3) is 0.308. The zero-order valence-electron chi connectivity index (χ0n) is 9.33. The molecule has 2 nitrogen and oxygen atoms in total. The van der Waals surface area contributed by atoms with Gasteiger partial charge in [-0.05, 0) is 18.6 Å². The van der Waals surface area contributed by atoms with E-state index in [1.165, 1.54) is 6.07 Å². The molecule has 0 bridgehead atoms. The first-order chi connectivity index (χ1) is 7.61. The van der Waals surface area contributed by atoms with Crippen LogP contribution >= 0.6 is 0 Å². The van der Waals surface area contributed by atoms with Gasteiger partial charge in [-0.2, -0.15) is 5.26 Å². The lowest BCUT2D eigenvalue weighted by Gasteiger charge is -2.22. The normalized spacial score (nSPS) is 13.8. The highest BCUT2D eigenvalue weighted by atomic mass is 19.1.